The Morgan fingerprint density at radius 3 is 1.29 bits per heavy atom. The highest BCUT2D eigenvalue weighted by atomic mass is 31.2. The first-order valence-electron chi connectivity index (χ1n) is 15.1. The van der Waals surface area contributed by atoms with Gasteiger partial charge in [0.2, 0.25) is 0 Å². The van der Waals surface area contributed by atoms with Crippen molar-refractivity contribution in [3.05, 3.63) is 81.9 Å². The molecule has 0 saturated heterocycles. The molecular formula is C35H48O4P2. The molecule has 0 radical (unpaired) electrons. The lowest BCUT2D eigenvalue weighted by Crippen LogP contribution is -2.17. The third-order valence-corrected chi connectivity index (χ3v) is 11.5. The lowest BCUT2D eigenvalue weighted by atomic mass is 9.79. The van der Waals surface area contributed by atoms with Gasteiger partial charge in [-0.05, 0) is 88.5 Å². The molecule has 1 atom stereocenters. The van der Waals surface area contributed by atoms with Crippen LogP contribution in [0.5, 0.6) is 0 Å². The summed E-state index contributed by atoms with van der Waals surface area (Å²) in [6.07, 6.45) is 1.64. The second-order valence-corrected chi connectivity index (χ2v) is 14.5. The fourth-order valence-electron chi connectivity index (χ4n) is 6.27. The van der Waals surface area contributed by atoms with E-state index in [0.29, 0.717) is 19.8 Å². The van der Waals surface area contributed by atoms with Crippen molar-refractivity contribution in [2.75, 3.05) is 26.9 Å². The smallest absolute Gasteiger partial charge is 0.175 e. The molecule has 0 aliphatic heterocycles. The van der Waals surface area contributed by atoms with Crippen LogP contribution in [0.25, 0.3) is 22.3 Å². The first-order valence-corrected chi connectivity index (χ1v) is 17.8. The molecule has 1 unspecified atom stereocenters. The quantitative estimate of drug-likeness (QED) is 0.207. The lowest BCUT2D eigenvalue weighted by molar-refractivity contribution is 0.268. The minimum Gasteiger partial charge on any atom is -0.337 e. The fraction of sp³-hybridized carbons (Fsp3) is 0.486. The average Bonchev–Trinajstić information content (AvgIpc) is 3.32. The minimum atomic E-state index is -0.906. The minimum absolute atomic E-state index is 0.0746. The summed E-state index contributed by atoms with van der Waals surface area (Å²) in [6, 6.07) is 18.9. The number of fused-ring (bicyclic) bond motifs is 6. The van der Waals surface area contributed by atoms with E-state index in [0.717, 1.165) is 12.3 Å². The molecule has 6 heteroatoms. The van der Waals surface area contributed by atoms with Gasteiger partial charge in [-0.1, -0.05) is 77.9 Å². The van der Waals surface area contributed by atoms with Crippen molar-refractivity contribution in [3.63, 3.8) is 0 Å². The van der Waals surface area contributed by atoms with Crippen molar-refractivity contribution in [2.24, 2.45) is 0 Å². The van der Waals surface area contributed by atoms with E-state index in [1.807, 2.05) is 34.6 Å². The van der Waals surface area contributed by atoms with Crippen molar-refractivity contribution >= 4 is 16.8 Å². The molecule has 0 aromatic heterocycles. The maximum Gasteiger partial charge on any atom is 0.175 e. The van der Waals surface area contributed by atoms with Gasteiger partial charge in [-0.15, -0.1) is 0 Å². The first-order chi connectivity index (χ1) is 19.6. The summed E-state index contributed by atoms with van der Waals surface area (Å²) in [5.41, 5.74) is 13.5. The molecule has 0 heterocycles. The van der Waals surface area contributed by atoms with Crippen molar-refractivity contribution in [1.82, 2.24) is 0 Å². The summed E-state index contributed by atoms with van der Waals surface area (Å²) in [6.45, 7) is 21.6. The van der Waals surface area contributed by atoms with Gasteiger partial charge in [-0.2, -0.15) is 0 Å². The van der Waals surface area contributed by atoms with Gasteiger partial charge in [-0.3, -0.25) is 0 Å². The summed E-state index contributed by atoms with van der Waals surface area (Å²) >= 11 is 0. The number of hydrogen-bond acceptors (Lipinski definition) is 4. The molecule has 3 aromatic carbocycles. The van der Waals surface area contributed by atoms with Crippen LogP contribution in [0.1, 0.15) is 95.7 Å². The molecule has 0 bridgehead atoms. The second kappa shape index (κ2) is 13.3. The summed E-state index contributed by atoms with van der Waals surface area (Å²) < 4.78 is 23.3. The van der Waals surface area contributed by atoms with Gasteiger partial charge >= 0.3 is 0 Å². The fourth-order valence-corrected chi connectivity index (χ4v) is 8.71. The highest BCUT2D eigenvalue weighted by molar-refractivity contribution is 7.46. The summed E-state index contributed by atoms with van der Waals surface area (Å²) in [7, 11) is -0.0641. The molecule has 2 aliphatic rings. The lowest BCUT2D eigenvalue weighted by Gasteiger charge is -2.24. The zero-order valence-electron chi connectivity index (χ0n) is 26.7. The summed E-state index contributed by atoms with van der Waals surface area (Å²) in [5.74, 6) is 0. The summed E-state index contributed by atoms with van der Waals surface area (Å²) in [5, 5.41) is 0. The molecule has 0 amide bonds. The van der Waals surface area contributed by atoms with Gasteiger partial charge < -0.3 is 18.1 Å². The Morgan fingerprint density at radius 2 is 0.902 bits per heavy atom. The third-order valence-electron chi connectivity index (χ3n) is 8.25. The van der Waals surface area contributed by atoms with Crippen molar-refractivity contribution in [2.45, 2.75) is 85.5 Å². The highest BCUT2D eigenvalue weighted by Gasteiger charge is 2.41. The van der Waals surface area contributed by atoms with Gasteiger partial charge in [0.05, 0.1) is 19.8 Å². The van der Waals surface area contributed by atoms with E-state index in [9.17, 15) is 0 Å². The average molecular weight is 595 g/mol. The number of benzene rings is 3. The van der Waals surface area contributed by atoms with Crippen LogP contribution in [-0.2, 0) is 41.2 Å². The van der Waals surface area contributed by atoms with Crippen LogP contribution in [0.15, 0.2) is 48.5 Å². The molecule has 2 aliphatic carbocycles. The number of hydrogen-bond donors (Lipinski definition) is 0. The van der Waals surface area contributed by atoms with E-state index < -0.39 is 16.8 Å². The Labute approximate surface area is 251 Å². The second-order valence-electron chi connectivity index (χ2n) is 11.4. The first kappa shape index (κ1) is 32.3. The Hall–Kier alpha value is -1.64. The van der Waals surface area contributed by atoms with Crippen LogP contribution >= 0.6 is 16.8 Å². The maximum atomic E-state index is 5.91. The van der Waals surface area contributed by atoms with E-state index in [4.69, 9.17) is 18.1 Å². The van der Waals surface area contributed by atoms with Crippen LogP contribution in [0.4, 0.5) is 0 Å². The molecule has 5 rings (SSSR count). The normalized spacial score (nSPS) is 16.0. The maximum absolute atomic E-state index is 5.91. The molecule has 41 heavy (non-hydrogen) atoms. The van der Waals surface area contributed by atoms with Gasteiger partial charge in [0.15, 0.2) is 16.8 Å². The molecular weight excluding hydrogens is 546 g/mol. The van der Waals surface area contributed by atoms with Gasteiger partial charge in [-0.25, -0.2) is 0 Å². The zero-order chi connectivity index (χ0) is 29.9. The Kier molecular flexibility index (Phi) is 10.5. The molecule has 4 nitrogen and oxygen atoms in total. The summed E-state index contributed by atoms with van der Waals surface area (Å²) in [4.78, 5) is 0. The van der Waals surface area contributed by atoms with Gasteiger partial charge in [0, 0.05) is 30.3 Å². The molecule has 0 N–H and O–H groups in total. The molecule has 0 spiro atoms. The monoisotopic (exact) mass is 594 g/mol. The van der Waals surface area contributed by atoms with Crippen molar-refractivity contribution in [3.8, 4) is 22.3 Å². The van der Waals surface area contributed by atoms with Crippen molar-refractivity contribution < 1.29 is 18.1 Å². The van der Waals surface area contributed by atoms with E-state index >= 15 is 0 Å². The van der Waals surface area contributed by atoms with Crippen LogP contribution in [-0.4, -0.2) is 26.9 Å². The zero-order valence-corrected chi connectivity index (χ0v) is 28.5. The molecule has 3 aromatic rings. The van der Waals surface area contributed by atoms with Crippen LogP contribution < -0.4 is 0 Å². The van der Waals surface area contributed by atoms with E-state index in [-0.39, 0.29) is 10.8 Å². The molecule has 222 valence electrons. The van der Waals surface area contributed by atoms with E-state index in [1.54, 1.807) is 7.11 Å². The van der Waals surface area contributed by atoms with Gasteiger partial charge in [0.1, 0.15) is 0 Å². The van der Waals surface area contributed by atoms with Crippen LogP contribution in [0, 0.1) is 0 Å². The van der Waals surface area contributed by atoms with E-state index in [2.05, 4.69) is 76.2 Å². The predicted molar refractivity (Wildman–Crippen MR) is 176 cm³/mol. The molecule has 0 saturated carbocycles. The Bertz CT molecular complexity index is 1360. The van der Waals surface area contributed by atoms with E-state index in [1.165, 1.54) is 55.6 Å². The van der Waals surface area contributed by atoms with Gasteiger partial charge in [0.25, 0.3) is 0 Å². The SMILES string of the molecule is CC.CCOP(Cc1ccc2c(c1)C(C)(C)c1cc3c(cc1-2)C(C)(C)c1cc(CP(OCC)OCC)ccc1-3)OC. The Morgan fingerprint density at radius 1 is 0.537 bits per heavy atom. The largest absolute Gasteiger partial charge is 0.337 e. The number of rotatable bonds is 11. The highest BCUT2D eigenvalue weighted by Crippen LogP contribution is 2.57. The van der Waals surface area contributed by atoms with Crippen LogP contribution in [0.3, 0.4) is 0 Å². The molecule has 0 fully saturated rings. The predicted octanol–water partition coefficient (Wildman–Crippen LogP) is 10.7. The van der Waals surface area contributed by atoms with Crippen molar-refractivity contribution in [1.29, 1.82) is 0 Å². The Balaban J connectivity index is 0.00000189. The van der Waals surface area contributed by atoms with Crippen LogP contribution in [0.2, 0.25) is 0 Å². The standard InChI is InChI=1S/C33H42O4P2.C2H6/c1-9-35-38(34-8)20-22-12-14-24-26-18-31-27(19-30(26)32(4,5)28(24)16-22)25-15-13-23(17-29(25)33(31,6)7)21-39(36-10-2)37-11-3;1-2/h12-19H,9-11,20-21H2,1-8H3;1-2H3. The topological polar surface area (TPSA) is 36.9 Å². The third kappa shape index (κ3) is 6.08.